The number of rotatable bonds is 3. The van der Waals surface area contributed by atoms with Crippen molar-refractivity contribution < 1.29 is 4.79 Å². The normalized spacial score (nSPS) is 17.4. The monoisotopic (exact) mass is 354 g/mol. The van der Waals surface area contributed by atoms with E-state index in [0.717, 1.165) is 12.0 Å². The highest BCUT2D eigenvalue weighted by Gasteiger charge is 2.27. The first-order valence-corrected chi connectivity index (χ1v) is 7.55. The van der Waals surface area contributed by atoms with E-state index in [1.807, 2.05) is 11.4 Å². The molecule has 0 amide bonds. The van der Waals surface area contributed by atoms with Crippen molar-refractivity contribution in [1.29, 1.82) is 0 Å². The fraction of sp³-hybridized carbons (Fsp3) is 0.214. The van der Waals surface area contributed by atoms with Crippen molar-refractivity contribution in [3.05, 3.63) is 55.3 Å². The third kappa shape index (κ3) is 2.18. The second-order valence-corrected chi connectivity index (χ2v) is 7.17. The molecule has 17 heavy (non-hydrogen) atoms. The van der Waals surface area contributed by atoms with E-state index in [9.17, 15) is 4.79 Å². The second kappa shape index (κ2) is 4.53. The molecule has 0 fully saturated rings. The van der Waals surface area contributed by atoms with E-state index in [1.165, 1.54) is 14.0 Å². The van der Waals surface area contributed by atoms with Crippen LogP contribution in [0.4, 0.5) is 0 Å². The topological polar surface area (TPSA) is 17.1 Å². The van der Waals surface area contributed by atoms with Gasteiger partial charge in [-0.15, -0.1) is 11.3 Å². The Hall–Kier alpha value is -0.680. The van der Waals surface area contributed by atoms with Gasteiger partial charge >= 0.3 is 0 Å². The number of ketones is 1. The first kappa shape index (κ1) is 11.4. The molecular formula is C14H11IOS. The average molecular weight is 354 g/mol. The summed E-state index contributed by atoms with van der Waals surface area (Å²) >= 11 is 3.89. The molecule has 0 spiro atoms. The fourth-order valence-corrected chi connectivity index (χ4v) is 3.69. The minimum Gasteiger partial charge on any atom is -0.294 e. The zero-order valence-electron chi connectivity index (χ0n) is 9.15. The lowest BCUT2D eigenvalue weighted by Gasteiger charge is -2.29. The van der Waals surface area contributed by atoms with Gasteiger partial charge in [-0.2, -0.15) is 0 Å². The predicted molar refractivity (Wildman–Crippen MR) is 78.9 cm³/mol. The summed E-state index contributed by atoms with van der Waals surface area (Å²) in [7, 11) is 0. The summed E-state index contributed by atoms with van der Waals surface area (Å²) in [5.74, 6) is 0.722. The molecule has 1 aromatic carbocycles. The molecule has 0 saturated carbocycles. The molecule has 3 heteroatoms. The van der Waals surface area contributed by atoms with Crippen LogP contribution in [0.15, 0.2) is 35.7 Å². The van der Waals surface area contributed by atoms with Crippen LogP contribution in [0.2, 0.25) is 0 Å². The number of carbonyl (C=O) groups is 1. The fourth-order valence-electron chi connectivity index (χ4n) is 2.34. The molecule has 1 aromatic heterocycles. The molecule has 1 atom stereocenters. The molecule has 0 bridgehead atoms. The SMILES string of the molecule is O=C(CC1Cc2ccccc21)c1csc(I)c1. The van der Waals surface area contributed by atoms with Crippen LogP contribution in [0.1, 0.15) is 33.8 Å². The molecule has 86 valence electrons. The first-order valence-electron chi connectivity index (χ1n) is 5.59. The third-order valence-electron chi connectivity index (χ3n) is 3.28. The number of fused-ring (bicyclic) bond motifs is 1. The minimum atomic E-state index is 0.281. The molecule has 0 saturated heterocycles. The van der Waals surface area contributed by atoms with Crippen molar-refractivity contribution in [2.45, 2.75) is 18.8 Å². The number of hydrogen-bond donors (Lipinski definition) is 0. The van der Waals surface area contributed by atoms with E-state index < -0.39 is 0 Å². The number of thiophene rings is 1. The summed E-state index contributed by atoms with van der Waals surface area (Å²) in [6.45, 7) is 0. The van der Waals surface area contributed by atoms with Gasteiger partial charge in [0.05, 0.1) is 2.88 Å². The maximum absolute atomic E-state index is 12.1. The zero-order chi connectivity index (χ0) is 11.8. The van der Waals surface area contributed by atoms with Crippen LogP contribution in [0.3, 0.4) is 0 Å². The molecule has 3 rings (SSSR count). The molecule has 1 unspecified atom stereocenters. The van der Waals surface area contributed by atoms with Gasteiger partial charge < -0.3 is 0 Å². The smallest absolute Gasteiger partial charge is 0.164 e. The van der Waals surface area contributed by atoms with Crippen molar-refractivity contribution >= 4 is 39.7 Å². The highest BCUT2D eigenvalue weighted by atomic mass is 127. The summed E-state index contributed by atoms with van der Waals surface area (Å²) < 4.78 is 1.18. The van der Waals surface area contributed by atoms with E-state index >= 15 is 0 Å². The van der Waals surface area contributed by atoms with Crippen LogP contribution in [-0.2, 0) is 6.42 Å². The van der Waals surface area contributed by atoms with Crippen molar-refractivity contribution in [2.75, 3.05) is 0 Å². The maximum Gasteiger partial charge on any atom is 0.164 e. The van der Waals surface area contributed by atoms with E-state index in [1.54, 1.807) is 11.3 Å². The van der Waals surface area contributed by atoms with Crippen LogP contribution in [0.5, 0.6) is 0 Å². The second-order valence-electron chi connectivity index (χ2n) is 4.37. The number of carbonyl (C=O) groups excluding carboxylic acids is 1. The first-order chi connectivity index (χ1) is 8.24. The standard InChI is InChI=1S/C14H11IOS/c15-14-7-11(8-17-14)13(16)6-10-5-9-3-1-2-4-12(9)10/h1-4,7-8,10H,5-6H2. The minimum absolute atomic E-state index is 0.281. The Bertz CT molecular complexity index is 573. The van der Waals surface area contributed by atoms with E-state index in [0.29, 0.717) is 12.3 Å². The highest BCUT2D eigenvalue weighted by molar-refractivity contribution is 14.1. The molecule has 1 aliphatic carbocycles. The molecule has 0 N–H and O–H groups in total. The van der Waals surface area contributed by atoms with Gasteiger partial charge in [0.2, 0.25) is 0 Å². The van der Waals surface area contributed by atoms with Gasteiger partial charge in [0.1, 0.15) is 0 Å². The number of hydrogen-bond acceptors (Lipinski definition) is 2. The van der Waals surface area contributed by atoms with E-state index in [4.69, 9.17) is 0 Å². The predicted octanol–water partition coefficient (Wildman–Crippen LogP) is 4.27. The Kier molecular flexibility index (Phi) is 3.04. The van der Waals surface area contributed by atoms with Gasteiger partial charge in [-0.25, -0.2) is 0 Å². The van der Waals surface area contributed by atoms with Crippen LogP contribution >= 0.6 is 33.9 Å². The zero-order valence-corrected chi connectivity index (χ0v) is 12.1. The molecule has 2 aromatic rings. The summed E-state index contributed by atoms with van der Waals surface area (Å²) in [6, 6.07) is 10.4. The Morgan fingerprint density at radius 3 is 2.94 bits per heavy atom. The van der Waals surface area contributed by atoms with Gasteiger partial charge in [-0.1, -0.05) is 24.3 Å². The van der Waals surface area contributed by atoms with Gasteiger partial charge in [0.25, 0.3) is 0 Å². The van der Waals surface area contributed by atoms with Gasteiger partial charge in [-0.3, -0.25) is 4.79 Å². The lowest BCUT2D eigenvalue weighted by atomic mass is 9.75. The van der Waals surface area contributed by atoms with Crippen molar-refractivity contribution in [3.8, 4) is 0 Å². The quantitative estimate of drug-likeness (QED) is 0.595. The lowest BCUT2D eigenvalue weighted by molar-refractivity contribution is 0.0971. The highest BCUT2D eigenvalue weighted by Crippen LogP contribution is 2.38. The average Bonchev–Trinajstić information content (AvgIpc) is 2.73. The van der Waals surface area contributed by atoms with Crippen molar-refractivity contribution in [3.63, 3.8) is 0 Å². The van der Waals surface area contributed by atoms with Crippen molar-refractivity contribution in [2.24, 2.45) is 0 Å². The Labute approximate surface area is 118 Å². The Morgan fingerprint density at radius 2 is 2.24 bits per heavy atom. The summed E-state index contributed by atoms with van der Waals surface area (Å²) in [5, 5.41) is 1.97. The van der Waals surface area contributed by atoms with Crippen LogP contribution < -0.4 is 0 Å². The third-order valence-corrected chi connectivity index (χ3v) is 5.07. The number of halogens is 1. The van der Waals surface area contributed by atoms with Crippen LogP contribution in [0.25, 0.3) is 0 Å². The largest absolute Gasteiger partial charge is 0.294 e. The molecular weight excluding hydrogens is 343 g/mol. The maximum atomic E-state index is 12.1. The number of Topliss-reactive ketones (excluding diaryl/α,β-unsaturated/α-hetero) is 1. The number of benzene rings is 1. The van der Waals surface area contributed by atoms with Gasteiger partial charge in [-0.05, 0) is 52.1 Å². The molecule has 1 aliphatic rings. The molecule has 1 heterocycles. The molecule has 1 nitrogen and oxygen atoms in total. The summed E-state index contributed by atoms with van der Waals surface area (Å²) in [4.78, 5) is 12.1. The van der Waals surface area contributed by atoms with Gasteiger partial charge in [0.15, 0.2) is 5.78 Å². The Balaban J connectivity index is 1.72. The van der Waals surface area contributed by atoms with E-state index in [-0.39, 0.29) is 5.78 Å². The van der Waals surface area contributed by atoms with Gasteiger partial charge in [0, 0.05) is 17.4 Å². The van der Waals surface area contributed by atoms with E-state index in [2.05, 4.69) is 46.9 Å². The summed E-state index contributed by atoms with van der Waals surface area (Å²) in [5.41, 5.74) is 3.65. The lowest BCUT2D eigenvalue weighted by Crippen LogP contribution is -2.19. The Morgan fingerprint density at radius 1 is 1.41 bits per heavy atom. The molecule has 0 radical (unpaired) electrons. The van der Waals surface area contributed by atoms with Crippen molar-refractivity contribution in [1.82, 2.24) is 0 Å². The summed E-state index contributed by atoms with van der Waals surface area (Å²) in [6.07, 6.45) is 1.72. The van der Waals surface area contributed by atoms with Crippen LogP contribution in [0, 0.1) is 2.88 Å². The van der Waals surface area contributed by atoms with Crippen LogP contribution in [-0.4, -0.2) is 5.78 Å². The molecule has 0 aliphatic heterocycles.